The predicted octanol–water partition coefficient (Wildman–Crippen LogP) is 4.99. The largest absolute Gasteiger partial charge is 0.478 e. The Bertz CT molecular complexity index is 1170. The molecule has 29 heavy (non-hydrogen) atoms. The molecule has 1 atom stereocenters. The predicted molar refractivity (Wildman–Crippen MR) is 112 cm³/mol. The van der Waals surface area contributed by atoms with Crippen LogP contribution in [-0.4, -0.2) is 16.9 Å². The molecule has 0 fully saturated rings. The molecule has 0 aliphatic heterocycles. The van der Waals surface area contributed by atoms with E-state index in [0.717, 1.165) is 34.2 Å². The summed E-state index contributed by atoms with van der Waals surface area (Å²) in [6.45, 7) is 0. The molecule has 0 aromatic heterocycles. The van der Waals surface area contributed by atoms with Gasteiger partial charge >= 0.3 is 5.97 Å². The van der Waals surface area contributed by atoms with Crippen molar-refractivity contribution >= 4 is 17.3 Å². The zero-order valence-corrected chi connectivity index (χ0v) is 15.9. The number of carboxylic acid groups (broad SMARTS) is 1. The van der Waals surface area contributed by atoms with Gasteiger partial charge in [-0.05, 0) is 59.2 Å². The summed E-state index contributed by atoms with van der Waals surface area (Å²) in [5, 5.41) is 9.19. The van der Waals surface area contributed by atoms with Crippen LogP contribution in [0.25, 0.3) is 5.57 Å². The maximum atomic E-state index is 13.8. The van der Waals surface area contributed by atoms with Crippen LogP contribution in [0.3, 0.4) is 0 Å². The topological polar surface area (TPSA) is 54.4 Å². The molecule has 0 spiro atoms. The van der Waals surface area contributed by atoms with Crippen LogP contribution < -0.4 is 0 Å². The Balaban J connectivity index is 1.62. The first-order valence-corrected chi connectivity index (χ1v) is 9.82. The molecular weight excluding hydrogens is 360 g/mol. The highest BCUT2D eigenvalue weighted by atomic mass is 16.4. The standard InChI is InChI=1S/C26H20O3/c27-24-22-8-4-2-6-20(22)16-26(24,15-17-9-11-19(12-10-17)25(28)29)23-14-13-18-5-1-3-7-21(18)23/h1-12,14H,13,15-16H2,(H,28,29). The fraction of sp³-hybridized carbons (Fsp3) is 0.154. The van der Waals surface area contributed by atoms with Crippen LogP contribution >= 0.6 is 0 Å². The Morgan fingerprint density at radius 1 is 0.862 bits per heavy atom. The van der Waals surface area contributed by atoms with E-state index in [2.05, 4.69) is 18.2 Å². The molecule has 3 aromatic carbocycles. The molecule has 142 valence electrons. The quantitative estimate of drug-likeness (QED) is 0.694. The average molecular weight is 380 g/mol. The minimum atomic E-state index is -0.942. The van der Waals surface area contributed by atoms with Gasteiger partial charge in [0, 0.05) is 5.56 Å². The molecule has 0 bridgehead atoms. The van der Waals surface area contributed by atoms with Crippen LogP contribution in [0.15, 0.2) is 78.9 Å². The molecule has 1 unspecified atom stereocenters. The summed E-state index contributed by atoms with van der Waals surface area (Å²) in [7, 11) is 0. The lowest BCUT2D eigenvalue weighted by molar-refractivity contribution is 0.0696. The Morgan fingerprint density at radius 3 is 2.21 bits per heavy atom. The first-order chi connectivity index (χ1) is 14.1. The van der Waals surface area contributed by atoms with Crippen LogP contribution in [0, 0.1) is 5.41 Å². The molecule has 3 heteroatoms. The molecule has 2 aliphatic rings. The molecule has 5 rings (SSSR count). The summed E-state index contributed by atoms with van der Waals surface area (Å²) in [5.41, 5.74) is 6.00. The van der Waals surface area contributed by atoms with Gasteiger partial charge in [0.1, 0.15) is 0 Å². The van der Waals surface area contributed by atoms with E-state index in [1.807, 2.05) is 48.5 Å². The third-order valence-corrected chi connectivity index (χ3v) is 6.24. The Morgan fingerprint density at radius 2 is 1.52 bits per heavy atom. The lowest BCUT2D eigenvalue weighted by Crippen LogP contribution is -2.32. The SMILES string of the molecule is O=C(O)c1ccc(CC2(C3=CCc4ccccc43)Cc3ccccc3C2=O)cc1. The van der Waals surface area contributed by atoms with Gasteiger partial charge in [0.2, 0.25) is 0 Å². The maximum absolute atomic E-state index is 13.8. The molecule has 3 nitrogen and oxygen atoms in total. The zero-order valence-electron chi connectivity index (χ0n) is 15.9. The van der Waals surface area contributed by atoms with E-state index in [9.17, 15) is 14.7 Å². The molecule has 3 aromatic rings. The molecule has 0 radical (unpaired) electrons. The maximum Gasteiger partial charge on any atom is 0.335 e. The van der Waals surface area contributed by atoms with Gasteiger partial charge in [-0.3, -0.25) is 4.79 Å². The van der Waals surface area contributed by atoms with Crippen LogP contribution in [0.5, 0.6) is 0 Å². The van der Waals surface area contributed by atoms with Crippen molar-refractivity contribution < 1.29 is 14.7 Å². The van der Waals surface area contributed by atoms with Crippen molar-refractivity contribution in [3.63, 3.8) is 0 Å². The number of Topliss-reactive ketones (excluding diaryl/α,β-unsaturated/α-hetero) is 1. The first-order valence-electron chi connectivity index (χ1n) is 9.82. The van der Waals surface area contributed by atoms with Gasteiger partial charge < -0.3 is 5.11 Å². The number of rotatable bonds is 4. The second kappa shape index (κ2) is 6.56. The number of carbonyl (C=O) groups is 2. The normalized spacial score (nSPS) is 19.6. The van der Waals surface area contributed by atoms with Crippen molar-refractivity contribution in [2.24, 2.45) is 5.41 Å². The van der Waals surface area contributed by atoms with E-state index in [1.54, 1.807) is 12.1 Å². The van der Waals surface area contributed by atoms with Crippen molar-refractivity contribution in [3.05, 3.63) is 112 Å². The van der Waals surface area contributed by atoms with Crippen molar-refractivity contribution in [2.45, 2.75) is 19.3 Å². The van der Waals surface area contributed by atoms with E-state index >= 15 is 0 Å². The van der Waals surface area contributed by atoms with Crippen LogP contribution in [0.1, 0.15) is 43.0 Å². The number of carboxylic acids is 1. The molecule has 1 N–H and O–H groups in total. The van der Waals surface area contributed by atoms with Crippen molar-refractivity contribution in [2.75, 3.05) is 0 Å². The molecule has 0 amide bonds. The summed E-state index contributed by atoms with van der Waals surface area (Å²) in [4.78, 5) is 25.0. The molecule has 0 heterocycles. The smallest absolute Gasteiger partial charge is 0.335 e. The number of hydrogen-bond acceptors (Lipinski definition) is 2. The van der Waals surface area contributed by atoms with E-state index in [-0.39, 0.29) is 11.3 Å². The fourth-order valence-electron chi connectivity index (χ4n) is 4.86. The first kappa shape index (κ1) is 17.6. The number of aromatic carboxylic acids is 1. The number of hydrogen-bond donors (Lipinski definition) is 1. The van der Waals surface area contributed by atoms with Crippen LogP contribution in [0.4, 0.5) is 0 Å². The number of allylic oxidation sites excluding steroid dienone is 2. The summed E-state index contributed by atoms with van der Waals surface area (Å²) in [6, 6.07) is 23.1. The molecule has 0 saturated carbocycles. The third-order valence-electron chi connectivity index (χ3n) is 6.24. The van der Waals surface area contributed by atoms with Gasteiger partial charge in [0.25, 0.3) is 0 Å². The highest BCUT2D eigenvalue weighted by molar-refractivity contribution is 6.12. The molecule has 0 saturated heterocycles. The molecular formula is C26H20O3. The van der Waals surface area contributed by atoms with E-state index in [4.69, 9.17) is 0 Å². The van der Waals surface area contributed by atoms with Crippen LogP contribution in [-0.2, 0) is 19.3 Å². The molecule has 2 aliphatic carbocycles. The monoisotopic (exact) mass is 380 g/mol. The number of ketones is 1. The lowest BCUT2D eigenvalue weighted by Gasteiger charge is -2.30. The Kier molecular flexibility index (Phi) is 3.99. The minimum absolute atomic E-state index is 0.165. The van der Waals surface area contributed by atoms with Gasteiger partial charge in [-0.15, -0.1) is 0 Å². The highest BCUT2D eigenvalue weighted by Crippen LogP contribution is 2.51. The van der Waals surface area contributed by atoms with E-state index < -0.39 is 11.4 Å². The van der Waals surface area contributed by atoms with Gasteiger partial charge in [-0.2, -0.15) is 0 Å². The number of fused-ring (bicyclic) bond motifs is 2. The Labute approximate surface area is 169 Å². The van der Waals surface area contributed by atoms with Crippen molar-refractivity contribution in [1.29, 1.82) is 0 Å². The average Bonchev–Trinajstić information content (AvgIpc) is 3.29. The minimum Gasteiger partial charge on any atom is -0.478 e. The summed E-state index contributed by atoms with van der Waals surface area (Å²) < 4.78 is 0. The van der Waals surface area contributed by atoms with Gasteiger partial charge in [-0.1, -0.05) is 66.7 Å². The van der Waals surface area contributed by atoms with Gasteiger partial charge in [0.05, 0.1) is 11.0 Å². The fourth-order valence-corrected chi connectivity index (χ4v) is 4.86. The van der Waals surface area contributed by atoms with E-state index in [1.165, 1.54) is 5.56 Å². The second-order valence-electron chi connectivity index (χ2n) is 7.90. The lowest BCUT2D eigenvalue weighted by atomic mass is 9.70. The second-order valence-corrected chi connectivity index (χ2v) is 7.90. The van der Waals surface area contributed by atoms with Gasteiger partial charge in [-0.25, -0.2) is 4.79 Å². The summed E-state index contributed by atoms with van der Waals surface area (Å²) in [6.07, 6.45) is 4.28. The van der Waals surface area contributed by atoms with Crippen LogP contribution in [0.2, 0.25) is 0 Å². The number of carbonyl (C=O) groups excluding carboxylic acids is 1. The summed E-state index contributed by atoms with van der Waals surface area (Å²) >= 11 is 0. The number of benzene rings is 3. The third kappa shape index (κ3) is 2.73. The Hall–Kier alpha value is -3.46. The summed E-state index contributed by atoms with van der Waals surface area (Å²) in [5.74, 6) is -0.776. The van der Waals surface area contributed by atoms with Gasteiger partial charge in [0.15, 0.2) is 5.78 Å². The van der Waals surface area contributed by atoms with E-state index in [0.29, 0.717) is 12.8 Å². The van der Waals surface area contributed by atoms with Crippen molar-refractivity contribution in [1.82, 2.24) is 0 Å². The highest BCUT2D eigenvalue weighted by Gasteiger charge is 2.49. The zero-order chi connectivity index (χ0) is 20.0. The van der Waals surface area contributed by atoms with Crippen molar-refractivity contribution in [3.8, 4) is 0 Å².